The second-order valence-electron chi connectivity index (χ2n) is 7.56. The first kappa shape index (κ1) is 16.6. The Labute approximate surface area is 145 Å². The summed E-state index contributed by atoms with van der Waals surface area (Å²) in [7, 11) is 2.19. The highest BCUT2D eigenvalue weighted by Gasteiger charge is 2.56. The van der Waals surface area contributed by atoms with Crippen LogP contribution >= 0.6 is 0 Å². The van der Waals surface area contributed by atoms with E-state index < -0.39 is 0 Å². The highest BCUT2D eigenvalue weighted by Crippen LogP contribution is 2.59. The molecule has 0 radical (unpaired) electrons. The second-order valence-corrected chi connectivity index (χ2v) is 7.56. The van der Waals surface area contributed by atoms with Crippen molar-refractivity contribution in [2.45, 2.75) is 39.3 Å². The van der Waals surface area contributed by atoms with Crippen LogP contribution in [0.4, 0.5) is 17.2 Å². The first-order valence-electron chi connectivity index (χ1n) is 8.44. The third-order valence-corrected chi connectivity index (χ3v) is 6.08. The van der Waals surface area contributed by atoms with Crippen LogP contribution in [0.3, 0.4) is 0 Å². The van der Waals surface area contributed by atoms with Gasteiger partial charge in [-0.05, 0) is 23.8 Å². The van der Waals surface area contributed by atoms with Gasteiger partial charge in [-0.25, -0.2) is 4.98 Å². The summed E-state index contributed by atoms with van der Waals surface area (Å²) in [5.74, 6) is 1.08. The Bertz CT molecular complexity index is 763. The molecule has 0 spiro atoms. The normalized spacial score (nSPS) is 22.0. The molecule has 1 atom stereocenters. The Morgan fingerprint density at radius 2 is 1.58 bits per heavy atom. The van der Waals surface area contributed by atoms with Gasteiger partial charge in [0.25, 0.3) is 0 Å². The predicted octanol–water partition coefficient (Wildman–Crippen LogP) is 5.12. The Kier molecular flexibility index (Phi) is 3.71. The van der Waals surface area contributed by atoms with E-state index in [2.05, 4.69) is 88.0 Å². The van der Waals surface area contributed by atoms with Crippen molar-refractivity contribution in [1.29, 1.82) is 0 Å². The summed E-state index contributed by atoms with van der Waals surface area (Å²) in [6.07, 6.45) is 2.17. The molecule has 0 amide bonds. The van der Waals surface area contributed by atoms with Crippen molar-refractivity contribution in [3.8, 4) is 0 Å². The minimum absolute atomic E-state index is 0.0802. The van der Waals surface area contributed by atoms with Gasteiger partial charge in [-0.1, -0.05) is 45.9 Å². The first-order chi connectivity index (χ1) is 11.4. The summed E-state index contributed by atoms with van der Waals surface area (Å²) in [4.78, 5) is 9.51. The van der Waals surface area contributed by atoms with E-state index in [9.17, 15) is 0 Å². The second kappa shape index (κ2) is 5.37. The number of benzene rings is 1. The van der Waals surface area contributed by atoms with E-state index >= 15 is 0 Å². The van der Waals surface area contributed by atoms with Gasteiger partial charge < -0.3 is 9.80 Å². The largest absolute Gasteiger partial charge is 0.350 e. The van der Waals surface area contributed by atoms with E-state index in [1.807, 2.05) is 12.3 Å². The molecule has 3 nitrogen and oxygen atoms in total. The first-order valence-corrected chi connectivity index (χ1v) is 8.44. The lowest BCUT2D eigenvalue weighted by atomic mass is 9.59. The summed E-state index contributed by atoms with van der Waals surface area (Å²) in [5, 5.41) is 0. The van der Waals surface area contributed by atoms with E-state index in [1.165, 1.54) is 16.9 Å². The third-order valence-electron chi connectivity index (χ3n) is 6.08. The number of hydrogen-bond donors (Lipinski definition) is 0. The fourth-order valence-electron chi connectivity index (χ4n) is 4.20. The molecular weight excluding hydrogens is 294 g/mol. The molecule has 3 heterocycles. The maximum absolute atomic E-state index is 4.69. The van der Waals surface area contributed by atoms with Gasteiger partial charge in [0.15, 0.2) is 5.82 Å². The van der Waals surface area contributed by atoms with Crippen LogP contribution in [0.2, 0.25) is 0 Å². The molecule has 0 fully saturated rings. The Hall–Kier alpha value is -2.29. The molecule has 24 heavy (non-hydrogen) atoms. The minimum atomic E-state index is 0.0802. The molecule has 0 aliphatic carbocycles. The fraction of sp³-hybridized carbons (Fsp3) is 0.381. The third kappa shape index (κ3) is 1.87. The van der Waals surface area contributed by atoms with Gasteiger partial charge in [-0.3, -0.25) is 0 Å². The molecule has 2 aliphatic heterocycles. The number of aromatic nitrogens is 1. The van der Waals surface area contributed by atoms with Crippen LogP contribution in [0.5, 0.6) is 0 Å². The van der Waals surface area contributed by atoms with Gasteiger partial charge in [0.1, 0.15) is 6.17 Å². The number of anilines is 3. The van der Waals surface area contributed by atoms with E-state index in [0.717, 1.165) is 5.82 Å². The predicted molar refractivity (Wildman–Crippen MR) is 103 cm³/mol. The summed E-state index contributed by atoms with van der Waals surface area (Å²) >= 11 is 0. The van der Waals surface area contributed by atoms with Crippen LogP contribution in [-0.4, -0.2) is 18.2 Å². The van der Waals surface area contributed by atoms with Gasteiger partial charge in [0.2, 0.25) is 0 Å². The molecule has 1 unspecified atom stereocenters. The van der Waals surface area contributed by atoms with E-state index in [0.29, 0.717) is 0 Å². The number of nitrogens with zero attached hydrogens (tertiary/aromatic N) is 3. The van der Waals surface area contributed by atoms with Crippen molar-refractivity contribution in [3.63, 3.8) is 0 Å². The molecule has 0 bridgehead atoms. The SMILES string of the molecule is C=C.CN1c2cccnc2N2c3ccccc3C(C)(C)C(C)(C)C12. The van der Waals surface area contributed by atoms with E-state index in [-0.39, 0.29) is 17.0 Å². The summed E-state index contributed by atoms with van der Waals surface area (Å²) in [6.45, 7) is 15.5. The standard InChI is InChI=1S/C19H23N3.C2H4/c1-18(2)13-9-6-7-10-14(13)22-16-15(11-8-12-20-16)21(5)17(22)19(18,3)4;1-2/h6-12,17H,1-5H3;1-2H2. The molecule has 126 valence electrons. The summed E-state index contributed by atoms with van der Waals surface area (Å²) in [6, 6.07) is 13.0. The summed E-state index contributed by atoms with van der Waals surface area (Å²) in [5.41, 5.74) is 4.08. The van der Waals surface area contributed by atoms with Crippen molar-refractivity contribution in [2.75, 3.05) is 16.8 Å². The fourth-order valence-corrected chi connectivity index (χ4v) is 4.20. The van der Waals surface area contributed by atoms with Gasteiger partial charge >= 0.3 is 0 Å². The average molecular weight is 321 g/mol. The Morgan fingerprint density at radius 1 is 0.958 bits per heavy atom. The molecule has 0 saturated heterocycles. The lowest BCUT2D eigenvalue weighted by Crippen LogP contribution is -2.60. The molecule has 1 aromatic carbocycles. The number of hydrogen-bond acceptors (Lipinski definition) is 3. The molecule has 4 rings (SSSR count). The quantitative estimate of drug-likeness (QED) is 0.628. The van der Waals surface area contributed by atoms with Crippen LogP contribution in [0, 0.1) is 5.41 Å². The highest BCUT2D eigenvalue weighted by atomic mass is 15.4. The maximum Gasteiger partial charge on any atom is 0.158 e. The summed E-state index contributed by atoms with van der Waals surface area (Å²) < 4.78 is 0. The van der Waals surface area contributed by atoms with Gasteiger partial charge in [0.05, 0.1) is 5.69 Å². The zero-order chi connectivity index (χ0) is 17.7. The van der Waals surface area contributed by atoms with Gasteiger partial charge in [-0.15, -0.1) is 13.2 Å². The van der Waals surface area contributed by atoms with E-state index in [1.54, 1.807) is 0 Å². The van der Waals surface area contributed by atoms with E-state index in [4.69, 9.17) is 4.98 Å². The number of pyridine rings is 1. The minimum Gasteiger partial charge on any atom is -0.350 e. The van der Waals surface area contributed by atoms with Crippen molar-refractivity contribution in [2.24, 2.45) is 5.41 Å². The molecule has 0 saturated carbocycles. The van der Waals surface area contributed by atoms with Gasteiger partial charge in [-0.2, -0.15) is 0 Å². The molecular formula is C21H27N3. The van der Waals surface area contributed by atoms with Crippen molar-refractivity contribution in [1.82, 2.24) is 4.98 Å². The number of fused-ring (bicyclic) bond motifs is 5. The van der Waals surface area contributed by atoms with Gasteiger partial charge in [0, 0.05) is 29.8 Å². The smallest absolute Gasteiger partial charge is 0.158 e. The molecule has 2 aromatic rings. The lowest BCUT2D eigenvalue weighted by Gasteiger charge is -2.55. The van der Waals surface area contributed by atoms with Crippen molar-refractivity contribution < 1.29 is 0 Å². The lowest BCUT2D eigenvalue weighted by molar-refractivity contribution is 0.143. The molecule has 2 aliphatic rings. The topological polar surface area (TPSA) is 19.4 Å². The zero-order valence-corrected chi connectivity index (χ0v) is 15.4. The highest BCUT2D eigenvalue weighted by molar-refractivity contribution is 5.84. The molecule has 3 heteroatoms. The molecule has 0 N–H and O–H groups in total. The Morgan fingerprint density at radius 3 is 2.29 bits per heavy atom. The van der Waals surface area contributed by atoms with Crippen molar-refractivity contribution >= 4 is 17.2 Å². The number of rotatable bonds is 0. The Balaban J connectivity index is 0.000000815. The monoisotopic (exact) mass is 321 g/mol. The zero-order valence-electron chi connectivity index (χ0n) is 15.4. The van der Waals surface area contributed by atoms with Crippen LogP contribution in [0.25, 0.3) is 0 Å². The van der Waals surface area contributed by atoms with Crippen LogP contribution in [-0.2, 0) is 5.41 Å². The van der Waals surface area contributed by atoms with Crippen LogP contribution in [0.15, 0.2) is 55.8 Å². The van der Waals surface area contributed by atoms with Crippen molar-refractivity contribution in [3.05, 3.63) is 61.3 Å². The van der Waals surface area contributed by atoms with Crippen LogP contribution < -0.4 is 9.80 Å². The van der Waals surface area contributed by atoms with Crippen LogP contribution in [0.1, 0.15) is 33.3 Å². The molecule has 1 aromatic heterocycles. The maximum atomic E-state index is 4.69. The number of para-hydroxylation sites is 1. The average Bonchev–Trinajstić information content (AvgIpc) is 2.89.